The standard InChI is InChI=1S/C12H14N2/c1-14-9-5-4-7-11-6-2-3-8-12(11)10-13/h2-4,6-8,14H,5,9H2,1H3. The molecule has 0 atom stereocenters. The second kappa shape index (κ2) is 5.95. The minimum atomic E-state index is 0.730. The lowest BCUT2D eigenvalue weighted by molar-refractivity contribution is 0.809. The van der Waals surface area contributed by atoms with Gasteiger partial charge in [0, 0.05) is 0 Å². The van der Waals surface area contributed by atoms with E-state index in [2.05, 4.69) is 17.5 Å². The first-order valence-electron chi connectivity index (χ1n) is 4.68. The Kier molecular flexibility index (Phi) is 4.46. The molecule has 0 aliphatic heterocycles. The van der Waals surface area contributed by atoms with E-state index in [1.165, 1.54) is 0 Å². The summed E-state index contributed by atoms with van der Waals surface area (Å²) in [6, 6.07) is 9.77. The van der Waals surface area contributed by atoms with Crippen LogP contribution in [0.3, 0.4) is 0 Å². The van der Waals surface area contributed by atoms with Gasteiger partial charge in [-0.25, -0.2) is 0 Å². The van der Waals surface area contributed by atoms with Crippen molar-refractivity contribution in [1.82, 2.24) is 5.32 Å². The Balaban J connectivity index is 2.67. The molecule has 2 heteroatoms. The SMILES string of the molecule is CNCCC=Cc1ccccc1C#N. The Hall–Kier alpha value is -1.59. The lowest BCUT2D eigenvalue weighted by Gasteiger charge is -1.96. The monoisotopic (exact) mass is 186 g/mol. The minimum absolute atomic E-state index is 0.730. The lowest BCUT2D eigenvalue weighted by atomic mass is 10.1. The highest BCUT2D eigenvalue weighted by atomic mass is 14.8. The van der Waals surface area contributed by atoms with E-state index >= 15 is 0 Å². The molecule has 0 saturated heterocycles. The second-order valence-electron chi connectivity index (χ2n) is 2.99. The zero-order valence-electron chi connectivity index (χ0n) is 8.33. The Morgan fingerprint density at radius 1 is 1.43 bits per heavy atom. The number of hydrogen-bond acceptors (Lipinski definition) is 2. The van der Waals surface area contributed by atoms with Crippen molar-refractivity contribution >= 4 is 6.08 Å². The molecule has 1 aromatic carbocycles. The van der Waals surface area contributed by atoms with Gasteiger partial charge in [0.15, 0.2) is 0 Å². The van der Waals surface area contributed by atoms with Gasteiger partial charge in [-0.2, -0.15) is 5.26 Å². The molecule has 72 valence electrons. The van der Waals surface area contributed by atoms with Crippen molar-refractivity contribution in [3.05, 3.63) is 41.5 Å². The smallest absolute Gasteiger partial charge is 0.0997 e. The van der Waals surface area contributed by atoms with Crippen LogP contribution in [0.4, 0.5) is 0 Å². The van der Waals surface area contributed by atoms with Crippen molar-refractivity contribution in [2.45, 2.75) is 6.42 Å². The highest BCUT2D eigenvalue weighted by Crippen LogP contribution is 2.09. The molecular weight excluding hydrogens is 172 g/mol. The maximum absolute atomic E-state index is 8.82. The molecule has 0 radical (unpaired) electrons. The molecule has 0 amide bonds. The first-order chi connectivity index (χ1) is 6.88. The van der Waals surface area contributed by atoms with E-state index in [1.54, 1.807) is 0 Å². The molecule has 0 aliphatic rings. The summed E-state index contributed by atoms with van der Waals surface area (Å²) in [6.45, 7) is 0.964. The van der Waals surface area contributed by atoms with Crippen LogP contribution in [-0.4, -0.2) is 13.6 Å². The highest BCUT2D eigenvalue weighted by Gasteiger charge is 1.94. The minimum Gasteiger partial charge on any atom is -0.319 e. The van der Waals surface area contributed by atoms with E-state index in [4.69, 9.17) is 5.26 Å². The zero-order chi connectivity index (χ0) is 10.2. The molecule has 0 unspecified atom stereocenters. The fourth-order valence-electron chi connectivity index (χ4n) is 1.18. The first kappa shape index (κ1) is 10.5. The van der Waals surface area contributed by atoms with E-state index in [1.807, 2.05) is 37.4 Å². The fourth-order valence-corrected chi connectivity index (χ4v) is 1.18. The normalized spacial score (nSPS) is 10.3. The van der Waals surface area contributed by atoms with Crippen LogP contribution in [0.1, 0.15) is 17.5 Å². The van der Waals surface area contributed by atoms with Gasteiger partial charge >= 0.3 is 0 Å². The quantitative estimate of drug-likeness (QED) is 0.731. The second-order valence-corrected chi connectivity index (χ2v) is 2.99. The predicted octanol–water partition coefficient (Wildman–Crippen LogP) is 2.18. The summed E-state index contributed by atoms with van der Waals surface area (Å²) in [5, 5.41) is 11.9. The Morgan fingerprint density at radius 3 is 2.93 bits per heavy atom. The van der Waals surface area contributed by atoms with E-state index in [9.17, 15) is 0 Å². The Labute approximate surface area is 84.9 Å². The van der Waals surface area contributed by atoms with Crippen LogP contribution in [0.5, 0.6) is 0 Å². The van der Waals surface area contributed by atoms with Crippen LogP contribution < -0.4 is 5.32 Å². The van der Waals surface area contributed by atoms with Gasteiger partial charge in [0.05, 0.1) is 11.6 Å². The molecule has 1 N–H and O–H groups in total. The van der Waals surface area contributed by atoms with Crippen LogP contribution in [-0.2, 0) is 0 Å². The molecule has 0 spiro atoms. The molecule has 0 heterocycles. The van der Waals surface area contributed by atoms with Gasteiger partial charge in [-0.1, -0.05) is 30.4 Å². The third kappa shape index (κ3) is 3.04. The highest BCUT2D eigenvalue weighted by molar-refractivity contribution is 5.57. The number of nitrogens with one attached hydrogen (secondary N) is 1. The van der Waals surface area contributed by atoms with Crippen LogP contribution in [0, 0.1) is 11.3 Å². The number of hydrogen-bond donors (Lipinski definition) is 1. The molecule has 2 nitrogen and oxygen atoms in total. The number of benzene rings is 1. The average molecular weight is 186 g/mol. The van der Waals surface area contributed by atoms with Crippen LogP contribution in [0.25, 0.3) is 6.08 Å². The molecule has 0 fully saturated rings. The van der Waals surface area contributed by atoms with E-state index < -0.39 is 0 Å². The summed E-state index contributed by atoms with van der Waals surface area (Å²) in [5.74, 6) is 0. The van der Waals surface area contributed by atoms with Gasteiger partial charge in [0.2, 0.25) is 0 Å². The van der Waals surface area contributed by atoms with E-state index in [0.717, 1.165) is 24.1 Å². The van der Waals surface area contributed by atoms with Gasteiger partial charge in [-0.05, 0) is 31.6 Å². The third-order valence-corrected chi connectivity index (χ3v) is 1.94. The van der Waals surface area contributed by atoms with Crippen LogP contribution in [0.15, 0.2) is 30.3 Å². The summed E-state index contributed by atoms with van der Waals surface area (Å²) in [4.78, 5) is 0. The Morgan fingerprint density at radius 2 is 2.21 bits per heavy atom. The average Bonchev–Trinajstić information content (AvgIpc) is 2.25. The summed E-state index contributed by atoms with van der Waals surface area (Å²) in [7, 11) is 1.93. The van der Waals surface area contributed by atoms with Gasteiger partial charge in [0.1, 0.15) is 0 Å². The number of rotatable bonds is 4. The molecular formula is C12H14N2. The summed E-state index contributed by atoms with van der Waals surface area (Å²) in [6.07, 6.45) is 5.05. The summed E-state index contributed by atoms with van der Waals surface area (Å²) < 4.78 is 0. The fraction of sp³-hybridized carbons (Fsp3) is 0.250. The van der Waals surface area contributed by atoms with Gasteiger partial charge < -0.3 is 5.32 Å². The maximum Gasteiger partial charge on any atom is 0.0997 e. The van der Waals surface area contributed by atoms with Crippen molar-refractivity contribution in [3.63, 3.8) is 0 Å². The molecule has 1 aromatic rings. The predicted molar refractivity (Wildman–Crippen MR) is 58.7 cm³/mol. The Bertz CT molecular complexity index is 348. The summed E-state index contributed by atoms with van der Waals surface area (Å²) in [5.41, 5.74) is 1.72. The molecule has 0 aliphatic carbocycles. The van der Waals surface area contributed by atoms with Crippen molar-refractivity contribution < 1.29 is 0 Å². The lowest BCUT2D eigenvalue weighted by Crippen LogP contribution is -2.05. The van der Waals surface area contributed by atoms with Crippen molar-refractivity contribution in [2.24, 2.45) is 0 Å². The first-order valence-corrected chi connectivity index (χ1v) is 4.68. The molecule has 0 aromatic heterocycles. The largest absolute Gasteiger partial charge is 0.319 e. The van der Waals surface area contributed by atoms with Gasteiger partial charge in [-0.15, -0.1) is 0 Å². The van der Waals surface area contributed by atoms with E-state index in [0.29, 0.717) is 0 Å². The van der Waals surface area contributed by atoms with Crippen molar-refractivity contribution in [3.8, 4) is 6.07 Å². The van der Waals surface area contributed by atoms with Crippen LogP contribution >= 0.6 is 0 Å². The number of nitrogens with zero attached hydrogens (tertiary/aromatic N) is 1. The van der Waals surface area contributed by atoms with Gasteiger partial charge in [0.25, 0.3) is 0 Å². The van der Waals surface area contributed by atoms with Crippen LogP contribution in [0.2, 0.25) is 0 Å². The summed E-state index contributed by atoms with van der Waals surface area (Å²) >= 11 is 0. The molecule has 1 rings (SSSR count). The third-order valence-electron chi connectivity index (χ3n) is 1.94. The topological polar surface area (TPSA) is 35.8 Å². The van der Waals surface area contributed by atoms with Gasteiger partial charge in [-0.3, -0.25) is 0 Å². The zero-order valence-corrected chi connectivity index (χ0v) is 8.33. The van der Waals surface area contributed by atoms with E-state index in [-0.39, 0.29) is 0 Å². The van der Waals surface area contributed by atoms with Crippen molar-refractivity contribution in [1.29, 1.82) is 5.26 Å². The van der Waals surface area contributed by atoms with Crippen molar-refractivity contribution in [2.75, 3.05) is 13.6 Å². The molecule has 14 heavy (non-hydrogen) atoms. The molecule has 0 bridgehead atoms. The number of nitriles is 1. The molecule has 0 saturated carbocycles. The maximum atomic E-state index is 8.82.